The molecule has 0 N–H and O–H groups in total. The van der Waals surface area contributed by atoms with Crippen LogP contribution in [0.15, 0.2) is 54.6 Å². The predicted octanol–water partition coefficient (Wildman–Crippen LogP) is 3.95. The fraction of sp³-hybridized carbons (Fsp3) is 0.391. The number of carbonyl (C=O) groups is 2. The van der Waals surface area contributed by atoms with Crippen molar-refractivity contribution in [3.8, 4) is 5.75 Å². The first-order valence-electron chi connectivity index (χ1n) is 10.3. The first-order chi connectivity index (χ1) is 14.2. The minimum atomic E-state index is -0.782. The van der Waals surface area contributed by atoms with E-state index in [0.29, 0.717) is 12.3 Å². The number of hydroxylamine groups is 1. The van der Waals surface area contributed by atoms with Gasteiger partial charge in [0.2, 0.25) is 5.91 Å². The summed E-state index contributed by atoms with van der Waals surface area (Å²) in [6.07, 6.45) is 1.80. The summed E-state index contributed by atoms with van der Waals surface area (Å²) < 4.78 is 5.59. The summed E-state index contributed by atoms with van der Waals surface area (Å²) in [7, 11) is 0. The van der Waals surface area contributed by atoms with Crippen molar-refractivity contribution >= 4 is 23.2 Å². The lowest BCUT2D eigenvalue weighted by atomic mass is 9.93. The maximum Gasteiger partial charge on any atom is 0.266 e. The topological polar surface area (TPSA) is 59.1 Å². The SMILES string of the molecule is CCCOc1ccc(N2C(=O)[C@H]3[C@@H](CCC)N(c4ccccc4)O[C@H]3C2=O)cc1. The molecule has 0 aliphatic carbocycles. The van der Waals surface area contributed by atoms with Gasteiger partial charge in [0, 0.05) is 0 Å². The Kier molecular flexibility index (Phi) is 5.53. The van der Waals surface area contributed by atoms with Gasteiger partial charge >= 0.3 is 0 Å². The lowest BCUT2D eigenvalue weighted by molar-refractivity contribution is -0.126. The van der Waals surface area contributed by atoms with Gasteiger partial charge in [-0.2, -0.15) is 0 Å². The Hall–Kier alpha value is -2.86. The van der Waals surface area contributed by atoms with Crippen molar-refractivity contribution < 1.29 is 19.2 Å². The van der Waals surface area contributed by atoms with Gasteiger partial charge in [0.05, 0.1) is 29.9 Å². The monoisotopic (exact) mass is 394 g/mol. The molecule has 0 radical (unpaired) electrons. The second-order valence-electron chi connectivity index (χ2n) is 7.42. The molecule has 2 saturated heterocycles. The average molecular weight is 394 g/mol. The zero-order valence-electron chi connectivity index (χ0n) is 16.8. The van der Waals surface area contributed by atoms with E-state index < -0.39 is 12.0 Å². The van der Waals surface area contributed by atoms with E-state index in [1.54, 1.807) is 29.3 Å². The molecule has 2 amide bonds. The highest BCUT2D eigenvalue weighted by atomic mass is 16.7. The molecule has 2 aromatic rings. The largest absolute Gasteiger partial charge is 0.494 e. The fourth-order valence-electron chi connectivity index (χ4n) is 4.08. The van der Waals surface area contributed by atoms with Crippen LogP contribution in [0.4, 0.5) is 11.4 Å². The summed E-state index contributed by atoms with van der Waals surface area (Å²) in [6.45, 7) is 4.75. The summed E-state index contributed by atoms with van der Waals surface area (Å²) in [5.41, 5.74) is 1.42. The van der Waals surface area contributed by atoms with Gasteiger partial charge in [0.15, 0.2) is 6.10 Å². The van der Waals surface area contributed by atoms with Gasteiger partial charge in [-0.25, -0.2) is 9.96 Å². The molecule has 4 rings (SSSR count). The number of fused-ring (bicyclic) bond motifs is 1. The Morgan fingerprint density at radius 1 is 0.897 bits per heavy atom. The number of anilines is 2. The third kappa shape index (κ3) is 3.49. The zero-order chi connectivity index (χ0) is 20.4. The Labute approximate surface area is 171 Å². The van der Waals surface area contributed by atoms with Gasteiger partial charge in [-0.15, -0.1) is 0 Å². The number of benzene rings is 2. The van der Waals surface area contributed by atoms with Crippen LogP contribution in [0.1, 0.15) is 33.1 Å². The van der Waals surface area contributed by atoms with Crippen LogP contribution in [-0.4, -0.2) is 30.6 Å². The molecule has 29 heavy (non-hydrogen) atoms. The number of amides is 2. The molecule has 0 saturated carbocycles. The second kappa shape index (κ2) is 8.25. The van der Waals surface area contributed by atoms with Crippen LogP contribution >= 0.6 is 0 Å². The Morgan fingerprint density at radius 2 is 1.62 bits per heavy atom. The van der Waals surface area contributed by atoms with E-state index in [2.05, 4.69) is 6.92 Å². The maximum atomic E-state index is 13.3. The van der Waals surface area contributed by atoms with Crippen LogP contribution in [0.3, 0.4) is 0 Å². The Bertz CT molecular complexity index is 868. The maximum absolute atomic E-state index is 13.3. The van der Waals surface area contributed by atoms with Crippen LogP contribution in [0.25, 0.3) is 0 Å². The van der Waals surface area contributed by atoms with Gasteiger partial charge in [0.25, 0.3) is 5.91 Å². The minimum Gasteiger partial charge on any atom is -0.494 e. The molecule has 0 aromatic heterocycles. The van der Waals surface area contributed by atoms with Crippen molar-refractivity contribution in [2.45, 2.75) is 45.3 Å². The third-order valence-electron chi connectivity index (χ3n) is 5.40. The summed E-state index contributed by atoms with van der Waals surface area (Å²) in [5, 5.41) is 1.76. The molecule has 2 fully saturated rings. The molecule has 2 aliphatic rings. The van der Waals surface area contributed by atoms with Gasteiger partial charge in [0.1, 0.15) is 5.75 Å². The first kappa shape index (κ1) is 19.5. The number of carbonyl (C=O) groups excluding carboxylic acids is 2. The summed E-state index contributed by atoms with van der Waals surface area (Å²) in [4.78, 5) is 33.7. The molecule has 152 valence electrons. The minimum absolute atomic E-state index is 0.166. The quantitative estimate of drug-likeness (QED) is 0.666. The molecule has 3 atom stereocenters. The number of hydrogen-bond acceptors (Lipinski definition) is 5. The second-order valence-corrected chi connectivity index (χ2v) is 7.42. The van der Waals surface area contributed by atoms with Crippen molar-refractivity contribution in [1.29, 1.82) is 0 Å². The fourth-order valence-corrected chi connectivity index (χ4v) is 4.08. The lowest BCUT2D eigenvalue weighted by Crippen LogP contribution is -2.40. The van der Waals surface area contributed by atoms with E-state index in [1.807, 2.05) is 37.3 Å². The third-order valence-corrected chi connectivity index (χ3v) is 5.40. The van der Waals surface area contributed by atoms with E-state index in [9.17, 15) is 9.59 Å². The lowest BCUT2D eigenvalue weighted by Gasteiger charge is -2.28. The summed E-state index contributed by atoms with van der Waals surface area (Å²) in [5.74, 6) is -0.273. The van der Waals surface area contributed by atoms with Gasteiger partial charge in [-0.05, 0) is 49.2 Å². The molecule has 2 aromatic carbocycles. The van der Waals surface area contributed by atoms with Crippen LogP contribution in [0, 0.1) is 5.92 Å². The van der Waals surface area contributed by atoms with Crippen molar-refractivity contribution in [2.75, 3.05) is 16.6 Å². The van der Waals surface area contributed by atoms with Crippen molar-refractivity contribution in [1.82, 2.24) is 0 Å². The number of ether oxygens (including phenoxy) is 1. The molecule has 0 unspecified atom stereocenters. The van der Waals surface area contributed by atoms with Gasteiger partial charge < -0.3 is 4.74 Å². The molecular weight excluding hydrogens is 368 g/mol. The van der Waals surface area contributed by atoms with Crippen LogP contribution < -0.4 is 14.7 Å². The normalized spacial score (nSPS) is 23.6. The molecule has 0 bridgehead atoms. The van der Waals surface area contributed by atoms with Crippen molar-refractivity contribution in [3.05, 3.63) is 54.6 Å². The van der Waals surface area contributed by atoms with E-state index in [1.165, 1.54) is 4.90 Å². The number of nitrogens with zero attached hydrogens (tertiary/aromatic N) is 2. The molecule has 6 heteroatoms. The van der Waals surface area contributed by atoms with Gasteiger partial charge in [-0.1, -0.05) is 38.5 Å². The Morgan fingerprint density at radius 3 is 2.28 bits per heavy atom. The predicted molar refractivity (Wildman–Crippen MR) is 111 cm³/mol. The summed E-state index contributed by atoms with van der Waals surface area (Å²) >= 11 is 0. The molecule has 2 heterocycles. The van der Waals surface area contributed by atoms with Crippen LogP contribution in [0.2, 0.25) is 0 Å². The number of imide groups is 1. The first-order valence-corrected chi connectivity index (χ1v) is 10.3. The standard InChI is InChI=1S/C23H26N2O4/c1-3-8-19-20-21(29-25(19)17-9-6-5-7-10-17)23(27)24(22(20)26)16-11-13-18(14-12-16)28-15-4-2/h5-7,9-14,19-21H,3-4,8,15H2,1-2H3/t19-,20+,21-/m1/s1. The van der Waals surface area contributed by atoms with Gasteiger partial charge in [-0.3, -0.25) is 14.4 Å². The highest BCUT2D eigenvalue weighted by Crippen LogP contribution is 2.41. The number of rotatable bonds is 7. The van der Waals surface area contributed by atoms with E-state index in [0.717, 1.165) is 30.7 Å². The van der Waals surface area contributed by atoms with Crippen LogP contribution in [-0.2, 0) is 14.4 Å². The average Bonchev–Trinajstić information content (AvgIpc) is 3.24. The van der Waals surface area contributed by atoms with E-state index in [-0.39, 0.29) is 17.9 Å². The van der Waals surface area contributed by atoms with Crippen molar-refractivity contribution in [2.24, 2.45) is 5.92 Å². The molecule has 2 aliphatic heterocycles. The molecule has 6 nitrogen and oxygen atoms in total. The highest BCUT2D eigenvalue weighted by Gasteiger charge is 2.59. The highest BCUT2D eigenvalue weighted by molar-refractivity contribution is 6.23. The molecule has 0 spiro atoms. The van der Waals surface area contributed by atoms with E-state index >= 15 is 0 Å². The zero-order valence-corrected chi connectivity index (χ0v) is 16.8. The number of hydrogen-bond donors (Lipinski definition) is 0. The smallest absolute Gasteiger partial charge is 0.266 e. The van der Waals surface area contributed by atoms with E-state index in [4.69, 9.17) is 9.57 Å². The van der Waals surface area contributed by atoms with Crippen molar-refractivity contribution in [3.63, 3.8) is 0 Å². The molecular formula is C23H26N2O4. The van der Waals surface area contributed by atoms with Crippen LogP contribution in [0.5, 0.6) is 5.75 Å². The Balaban J connectivity index is 1.59. The summed E-state index contributed by atoms with van der Waals surface area (Å²) in [6, 6.07) is 16.6. The number of para-hydroxylation sites is 1.